The van der Waals surface area contributed by atoms with Crippen molar-refractivity contribution in [3.63, 3.8) is 0 Å². The summed E-state index contributed by atoms with van der Waals surface area (Å²) in [5.41, 5.74) is 4.29. The van der Waals surface area contributed by atoms with Crippen molar-refractivity contribution in [2.24, 2.45) is 5.84 Å². The Hall–Kier alpha value is -2.57. The van der Waals surface area contributed by atoms with Crippen LogP contribution in [0.25, 0.3) is 32.6 Å². The lowest BCUT2D eigenvalue weighted by Gasteiger charge is -2.05. The highest BCUT2D eigenvalue weighted by Gasteiger charge is 2.11. The summed E-state index contributed by atoms with van der Waals surface area (Å²) in [5, 5.41) is 3.99. The average molecular weight is 293 g/mol. The van der Waals surface area contributed by atoms with Gasteiger partial charge in [0.25, 0.3) is 0 Å². The van der Waals surface area contributed by atoms with Gasteiger partial charge >= 0.3 is 0 Å². The number of aromatic nitrogens is 3. The number of hydrogen-bond donors (Lipinski definition) is 2. The maximum atomic E-state index is 5.56. The standard InChI is InChI=1S/C15H11N5S/c16-20-13-10-7-8-21-15(10)19-14(18-13)12-6-5-9-3-1-2-4-11(9)17-12/h1-8H,16H2,(H,18,19,20). The molecule has 6 heteroatoms. The summed E-state index contributed by atoms with van der Waals surface area (Å²) < 4.78 is 0. The molecule has 0 radical (unpaired) electrons. The quantitative estimate of drug-likeness (QED) is 0.438. The number of anilines is 1. The smallest absolute Gasteiger partial charge is 0.181 e. The number of hydrogen-bond acceptors (Lipinski definition) is 6. The molecule has 21 heavy (non-hydrogen) atoms. The number of nitrogens with one attached hydrogen (secondary N) is 1. The maximum absolute atomic E-state index is 5.56. The SMILES string of the molecule is NNc1nc(-c2ccc3ccccc3n2)nc2sccc12. The maximum Gasteiger partial charge on any atom is 0.181 e. The van der Waals surface area contributed by atoms with E-state index < -0.39 is 0 Å². The Bertz CT molecular complexity index is 947. The summed E-state index contributed by atoms with van der Waals surface area (Å²) >= 11 is 1.55. The van der Waals surface area contributed by atoms with E-state index in [9.17, 15) is 0 Å². The summed E-state index contributed by atoms with van der Waals surface area (Å²) in [6.07, 6.45) is 0. The van der Waals surface area contributed by atoms with Crippen LogP contribution in [0.5, 0.6) is 0 Å². The fraction of sp³-hybridized carbons (Fsp3) is 0. The Morgan fingerprint density at radius 2 is 1.86 bits per heavy atom. The molecule has 0 fully saturated rings. The van der Waals surface area contributed by atoms with Gasteiger partial charge in [-0.15, -0.1) is 11.3 Å². The van der Waals surface area contributed by atoms with Crippen molar-refractivity contribution in [1.82, 2.24) is 15.0 Å². The van der Waals surface area contributed by atoms with E-state index in [1.54, 1.807) is 11.3 Å². The van der Waals surface area contributed by atoms with Gasteiger partial charge in [-0.3, -0.25) is 0 Å². The summed E-state index contributed by atoms with van der Waals surface area (Å²) in [7, 11) is 0. The molecule has 3 heterocycles. The van der Waals surface area contributed by atoms with Crippen LogP contribution >= 0.6 is 11.3 Å². The van der Waals surface area contributed by atoms with Gasteiger partial charge in [0.2, 0.25) is 0 Å². The lowest BCUT2D eigenvalue weighted by molar-refractivity contribution is 1.17. The highest BCUT2D eigenvalue weighted by Crippen LogP contribution is 2.27. The van der Waals surface area contributed by atoms with Gasteiger partial charge in [-0.1, -0.05) is 24.3 Å². The van der Waals surface area contributed by atoms with Gasteiger partial charge in [0.15, 0.2) is 11.6 Å². The second-order valence-electron chi connectivity index (χ2n) is 4.57. The van der Waals surface area contributed by atoms with Crippen LogP contribution in [0.3, 0.4) is 0 Å². The normalized spacial score (nSPS) is 11.1. The van der Waals surface area contributed by atoms with Gasteiger partial charge in [-0.2, -0.15) is 0 Å². The van der Waals surface area contributed by atoms with E-state index in [0.29, 0.717) is 11.6 Å². The molecule has 4 rings (SSSR count). The second-order valence-corrected chi connectivity index (χ2v) is 5.46. The van der Waals surface area contributed by atoms with Crippen molar-refractivity contribution in [2.75, 3.05) is 5.43 Å². The Morgan fingerprint density at radius 3 is 2.76 bits per heavy atom. The molecule has 0 spiro atoms. The minimum Gasteiger partial charge on any atom is -0.308 e. The Morgan fingerprint density at radius 1 is 0.952 bits per heavy atom. The van der Waals surface area contributed by atoms with Crippen LogP contribution in [0.2, 0.25) is 0 Å². The van der Waals surface area contributed by atoms with Crippen LogP contribution < -0.4 is 11.3 Å². The first-order chi connectivity index (χ1) is 10.3. The van der Waals surface area contributed by atoms with Crippen molar-refractivity contribution >= 4 is 38.3 Å². The number of benzene rings is 1. The zero-order valence-electron chi connectivity index (χ0n) is 10.9. The first-order valence-corrected chi connectivity index (χ1v) is 7.31. The van der Waals surface area contributed by atoms with Crippen LogP contribution in [0.4, 0.5) is 5.82 Å². The third kappa shape index (κ3) is 2.01. The van der Waals surface area contributed by atoms with Crippen LogP contribution in [0.1, 0.15) is 0 Å². The molecule has 0 saturated carbocycles. The monoisotopic (exact) mass is 293 g/mol. The Kier molecular flexibility index (Phi) is 2.77. The van der Waals surface area contributed by atoms with Crippen LogP contribution in [0.15, 0.2) is 47.8 Å². The van der Waals surface area contributed by atoms with E-state index in [1.165, 1.54) is 0 Å². The molecule has 0 saturated heterocycles. The third-order valence-electron chi connectivity index (χ3n) is 3.29. The van der Waals surface area contributed by atoms with Crippen LogP contribution in [-0.2, 0) is 0 Å². The lowest BCUT2D eigenvalue weighted by Crippen LogP contribution is -2.10. The predicted molar refractivity (Wildman–Crippen MR) is 86.0 cm³/mol. The Labute approximate surface area is 124 Å². The molecule has 0 amide bonds. The first-order valence-electron chi connectivity index (χ1n) is 6.43. The topological polar surface area (TPSA) is 76.7 Å². The number of pyridine rings is 1. The minimum absolute atomic E-state index is 0.573. The molecular weight excluding hydrogens is 282 g/mol. The van der Waals surface area contributed by atoms with Crippen molar-refractivity contribution < 1.29 is 0 Å². The average Bonchev–Trinajstić information content (AvgIpc) is 3.02. The van der Waals surface area contributed by atoms with E-state index in [2.05, 4.69) is 20.4 Å². The zero-order valence-corrected chi connectivity index (χ0v) is 11.8. The molecule has 0 unspecified atom stereocenters. The van der Waals surface area contributed by atoms with Gasteiger partial charge in [-0.25, -0.2) is 20.8 Å². The molecule has 102 valence electrons. The number of nitrogens with two attached hydrogens (primary N) is 1. The number of rotatable bonds is 2. The number of fused-ring (bicyclic) bond motifs is 2. The molecule has 4 aromatic rings. The van der Waals surface area contributed by atoms with E-state index >= 15 is 0 Å². The molecule has 5 nitrogen and oxygen atoms in total. The molecule has 0 aliphatic carbocycles. The molecule has 1 aromatic carbocycles. The number of hydrazine groups is 1. The summed E-state index contributed by atoms with van der Waals surface area (Å²) in [5.74, 6) is 6.75. The van der Waals surface area contributed by atoms with Gasteiger partial charge in [0.1, 0.15) is 10.5 Å². The minimum atomic E-state index is 0.573. The largest absolute Gasteiger partial charge is 0.308 e. The molecule has 3 N–H and O–H groups in total. The molecular formula is C15H11N5S. The van der Waals surface area contributed by atoms with Crippen molar-refractivity contribution in [1.29, 1.82) is 0 Å². The van der Waals surface area contributed by atoms with E-state index in [0.717, 1.165) is 26.8 Å². The number of nitrogen functional groups attached to an aromatic ring is 1. The van der Waals surface area contributed by atoms with Crippen molar-refractivity contribution in [3.8, 4) is 11.5 Å². The molecule has 0 aliphatic heterocycles. The van der Waals surface area contributed by atoms with Crippen LogP contribution in [-0.4, -0.2) is 15.0 Å². The Balaban J connectivity index is 1.94. The number of thiophene rings is 1. The predicted octanol–water partition coefficient (Wildman–Crippen LogP) is 3.19. The fourth-order valence-electron chi connectivity index (χ4n) is 2.27. The van der Waals surface area contributed by atoms with Gasteiger partial charge in [-0.05, 0) is 23.6 Å². The van der Waals surface area contributed by atoms with Gasteiger partial charge < -0.3 is 5.43 Å². The molecule has 3 aromatic heterocycles. The molecule has 0 aliphatic rings. The van der Waals surface area contributed by atoms with E-state index in [1.807, 2.05) is 47.8 Å². The highest BCUT2D eigenvalue weighted by molar-refractivity contribution is 7.16. The third-order valence-corrected chi connectivity index (χ3v) is 4.10. The van der Waals surface area contributed by atoms with Crippen molar-refractivity contribution in [2.45, 2.75) is 0 Å². The summed E-state index contributed by atoms with van der Waals surface area (Å²) in [4.78, 5) is 14.6. The lowest BCUT2D eigenvalue weighted by atomic mass is 10.2. The molecule has 0 bridgehead atoms. The van der Waals surface area contributed by atoms with E-state index in [4.69, 9.17) is 5.84 Å². The first kappa shape index (κ1) is 12.2. The van der Waals surface area contributed by atoms with Crippen LogP contribution in [0, 0.1) is 0 Å². The van der Waals surface area contributed by atoms with Gasteiger partial charge in [0, 0.05) is 5.39 Å². The zero-order chi connectivity index (χ0) is 14.2. The van der Waals surface area contributed by atoms with Gasteiger partial charge in [0.05, 0.1) is 10.9 Å². The summed E-state index contributed by atoms with van der Waals surface area (Å²) in [6, 6.07) is 13.9. The number of nitrogens with zero attached hydrogens (tertiary/aromatic N) is 3. The fourth-order valence-corrected chi connectivity index (χ4v) is 3.03. The highest BCUT2D eigenvalue weighted by atomic mass is 32.1. The summed E-state index contributed by atoms with van der Waals surface area (Å²) in [6.45, 7) is 0. The second kappa shape index (κ2) is 4.76. The molecule has 0 atom stereocenters. The van der Waals surface area contributed by atoms with Crippen molar-refractivity contribution in [3.05, 3.63) is 47.8 Å². The number of para-hydroxylation sites is 1. The van der Waals surface area contributed by atoms with E-state index in [-0.39, 0.29) is 0 Å².